The number of sulfone groups is 1. The van der Waals surface area contributed by atoms with E-state index in [1.54, 1.807) is 22.9 Å². The van der Waals surface area contributed by atoms with Crippen molar-refractivity contribution >= 4 is 32.7 Å². The molecule has 0 spiro atoms. The van der Waals surface area contributed by atoms with Gasteiger partial charge in [0.05, 0.1) is 22.6 Å². The molecule has 140 valence electrons. The van der Waals surface area contributed by atoms with Crippen molar-refractivity contribution in [3.05, 3.63) is 23.8 Å². The van der Waals surface area contributed by atoms with E-state index in [0.717, 1.165) is 5.52 Å². The zero-order valence-corrected chi connectivity index (χ0v) is 15.4. The lowest BCUT2D eigenvalue weighted by atomic mass is 10.2. The smallest absolute Gasteiger partial charge is 0.338 e. The molecule has 1 amide bonds. The van der Waals surface area contributed by atoms with Crippen LogP contribution < -0.4 is 0 Å². The van der Waals surface area contributed by atoms with Crippen LogP contribution in [0.4, 0.5) is 0 Å². The number of ether oxygens (including phenoxy) is 1. The van der Waals surface area contributed by atoms with E-state index in [1.807, 2.05) is 6.92 Å². The molecule has 9 nitrogen and oxygen atoms in total. The molecule has 0 aliphatic carbocycles. The molecule has 1 aromatic carbocycles. The fraction of sp³-hybridized carbons (Fsp3) is 0.500. The Morgan fingerprint density at radius 3 is 2.81 bits per heavy atom. The maximum atomic E-state index is 12.2. The highest BCUT2D eigenvalue weighted by molar-refractivity contribution is 7.91. The first-order valence-electron chi connectivity index (χ1n) is 8.27. The fourth-order valence-corrected chi connectivity index (χ4v) is 4.70. The molecule has 1 aliphatic rings. The van der Waals surface area contributed by atoms with Crippen molar-refractivity contribution in [1.82, 2.24) is 19.9 Å². The Kier molecular flexibility index (Phi) is 4.94. The Balaban J connectivity index is 1.60. The zero-order valence-electron chi connectivity index (χ0n) is 14.6. The summed E-state index contributed by atoms with van der Waals surface area (Å²) in [6, 6.07) is 4.52. The molecule has 0 bridgehead atoms. The van der Waals surface area contributed by atoms with E-state index in [9.17, 15) is 18.0 Å². The topological polar surface area (TPSA) is 111 Å². The van der Waals surface area contributed by atoms with Gasteiger partial charge in [0, 0.05) is 19.6 Å². The van der Waals surface area contributed by atoms with Crippen molar-refractivity contribution in [2.45, 2.75) is 25.9 Å². The summed E-state index contributed by atoms with van der Waals surface area (Å²) < 4.78 is 29.8. The third-order valence-corrected chi connectivity index (χ3v) is 6.28. The predicted octanol–water partition coefficient (Wildman–Crippen LogP) is 0.254. The van der Waals surface area contributed by atoms with Gasteiger partial charge in [-0.15, -0.1) is 5.10 Å². The van der Waals surface area contributed by atoms with Gasteiger partial charge in [0.2, 0.25) is 0 Å². The van der Waals surface area contributed by atoms with Gasteiger partial charge in [0.1, 0.15) is 5.52 Å². The molecule has 1 atom stereocenters. The number of carbonyl (C=O) groups excluding carboxylic acids is 2. The van der Waals surface area contributed by atoms with Gasteiger partial charge in [-0.3, -0.25) is 4.79 Å². The van der Waals surface area contributed by atoms with Crippen LogP contribution >= 0.6 is 0 Å². The molecule has 10 heteroatoms. The second-order valence-corrected chi connectivity index (χ2v) is 8.48. The van der Waals surface area contributed by atoms with Crippen molar-refractivity contribution < 1.29 is 22.7 Å². The highest BCUT2D eigenvalue weighted by Gasteiger charge is 2.32. The maximum Gasteiger partial charge on any atom is 0.338 e. The molecule has 2 heterocycles. The molecule has 1 fully saturated rings. The molecule has 3 rings (SSSR count). The number of likely N-dealkylation sites (N-methyl/N-ethyl adjacent to an activating group) is 1. The van der Waals surface area contributed by atoms with Crippen molar-refractivity contribution in [2.75, 3.05) is 25.2 Å². The van der Waals surface area contributed by atoms with Crippen LogP contribution in [0.2, 0.25) is 0 Å². The average molecular weight is 380 g/mol. The molecule has 0 N–H and O–H groups in total. The van der Waals surface area contributed by atoms with Gasteiger partial charge in [-0.2, -0.15) is 0 Å². The molecule has 0 saturated carbocycles. The first-order chi connectivity index (χ1) is 12.3. The lowest BCUT2D eigenvalue weighted by molar-refractivity contribution is -0.134. The summed E-state index contributed by atoms with van der Waals surface area (Å²) in [5.74, 6) is -1.04. The number of carbonyl (C=O) groups is 2. The summed E-state index contributed by atoms with van der Waals surface area (Å²) in [5, 5.41) is 7.97. The van der Waals surface area contributed by atoms with Gasteiger partial charge < -0.3 is 9.64 Å². The maximum absolute atomic E-state index is 12.2. The second kappa shape index (κ2) is 7.02. The van der Waals surface area contributed by atoms with E-state index in [4.69, 9.17) is 4.74 Å². The highest BCUT2D eigenvalue weighted by Crippen LogP contribution is 2.17. The van der Waals surface area contributed by atoms with E-state index in [1.165, 1.54) is 11.9 Å². The van der Waals surface area contributed by atoms with Gasteiger partial charge >= 0.3 is 5.97 Å². The Morgan fingerprint density at radius 1 is 1.38 bits per heavy atom. The number of hydrogen-bond donors (Lipinski definition) is 0. The lowest BCUT2D eigenvalue weighted by Gasteiger charge is -2.23. The van der Waals surface area contributed by atoms with Gasteiger partial charge in [0.15, 0.2) is 16.4 Å². The predicted molar refractivity (Wildman–Crippen MR) is 93.3 cm³/mol. The number of amides is 1. The van der Waals surface area contributed by atoms with Gasteiger partial charge in [-0.1, -0.05) is 5.21 Å². The number of esters is 1. The van der Waals surface area contributed by atoms with Crippen LogP contribution in [0.5, 0.6) is 0 Å². The summed E-state index contributed by atoms with van der Waals surface area (Å²) >= 11 is 0. The van der Waals surface area contributed by atoms with Crippen LogP contribution in [0.1, 0.15) is 23.7 Å². The van der Waals surface area contributed by atoms with E-state index < -0.39 is 28.3 Å². The Bertz CT molecular complexity index is 953. The Morgan fingerprint density at radius 2 is 2.15 bits per heavy atom. The van der Waals surface area contributed by atoms with E-state index in [-0.39, 0.29) is 23.1 Å². The molecule has 0 unspecified atom stereocenters. The third-order valence-electron chi connectivity index (χ3n) is 4.53. The lowest BCUT2D eigenvalue weighted by Crippen LogP contribution is -2.40. The Labute approximate surface area is 150 Å². The van der Waals surface area contributed by atoms with Crippen LogP contribution in [-0.4, -0.2) is 71.4 Å². The van der Waals surface area contributed by atoms with Crippen LogP contribution in [0.25, 0.3) is 11.0 Å². The molecule has 1 saturated heterocycles. The monoisotopic (exact) mass is 380 g/mol. The average Bonchev–Trinajstić information content (AvgIpc) is 3.20. The molecule has 1 aliphatic heterocycles. The van der Waals surface area contributed by atoms with Crippen molar-refractivity contribution in [3.8, 4) is 0 Å². The third kappa shape index (κ3) is 3.69. The van der Waals surface area contributed by atoms with Crippen molar-refractivity contribution in [3.63, 3.8) is 0 Å². The van der Waals surface area contributed by atoms with Crippen LogP contribution in [-0.2, 0) is 25.9 Å². The van der Waals surface area contributed by atoms with E-state index in [2.05, 4.69) is 10.3 Å². The van der Waals surface area contributed by atoms with Crippen LogP contribution in [0, 0.1) is 0 Å². The van der Waals surface area contributed by atoms with Gasteiger partial charge in [-0.05, 0) is 31.5 Å². The van der Waals surface area contributed by atoms with E-state index >= 15 is 0 Å². The quantitative estimate of drug-likeness (QED) is 0.684. The minimum atomic E-state index is -3.09. The molecule has 26 heavy (non-hydrogen) atoms. The molecular formula is C16H20N4O5S. The summed E-state index contributed by atoms with van der Waals surface area (Å²) in [7, 11) is -1.56. The molecule has 2 aromatic rings. The number of fused-ring (bicyclic) bond motifs is 1. The minimum Gasteiger partial charge on any atom is -0.452 e. The second-order valence-electron chi connectivity index (χ2n) is 6.25. The Hall–Kier alpha value is -2.49. The van der Waals surface area contributed by atoms with Crippen LogP contribution in [0.3, 0.4) is 0 Å². The summed E-state index contributed by atoms with van der Waals surface area (Å²) in [4.78, 5) is 25.7. The van der Waals surface area contributed by atoms with E-state index in [0.29, 0.717) is 18.5 Å². The van der Waals surface area contributed by atoms with Gasteiger partial charge in [-0.25, -0.2) is 17.9 Å². The highest BCUT2D eigenvalue weighted by atomic mass is 32.2. The summed E-state index contributed by atoms with van der Waals surface area (Å²) in [6.07, 6.45) is 0.405. The molecular weight excluding hydrogens is 360 g/mol. The summed E-state index contributed by atoms with van der Waals surface area (Å²) in [5.41, 5.74) is 1.66. The van der Waals surface area contributed by atoms with Crippen LogP contribution in [0.15, 0.2) is 18.2 Å². The number of aromatic nitrogens is 3. The summed E-state index contributed by atoms with van der Waals surface area (Å²) in [6.45, 7) is 2.16. The normalized spacial score (nSPS) is 18.8. The van der Waals surface area contributed by atoms with Crippen molar-refractivity contribution in [2.24, 2.45) is 0 Å². The standard InChI is InChI=1S/C16H20N4O5S/c1-3-20-14-5-4-11(8-13(14)17-18-20)16(22)25-9-15(21)19(2)12-6-7-26(23,24)10-12/h4-5,8,12H,3,6-7,9-10H2,1-2H3/t12-/m0/s1. The first kappa shape index (κ1) is 18.3. The van der Waals surface area contributed by atoms with Gasteiger partial charge in [0.25, 0.3) is 5.91 Å². The fourth-order valence-electron chi connectivity index (χ4n) is 2.93. The zero-order chi connectivity index (χ0) is 18.9. The number of rotatable bonds is 5. The number of aryl methyl sites for hydroxylation is 1. The number of hydrogen-bond acceptors (Lipinski definition) is 7. The first-order valence-corrected chi connectivity index (χ1v) is 10.1. The molecule has 1 aromatic heterocycles. The number of nitrogens with zero attached hydrogens (tertiary/aromatic N) is 4. The minimum absolute atomic E-state index is 0.0487. The van der Waals surface area contributed by atoms with Crippen molar-refractivity contribution in [1.29, 1.82) is 0 Å². The SMILES string of the molecule is CCn1nnc2cc(C(=O)OCC(=O)N(C)[C@H]3CCS(=O)(=O)C3)ccc21. The largest absolute Gasteiger partial charge is 0.452 e. The number of benzene rings is 1. The molecule has 0 radical (unpaired) electrons.